The second kappa shape index (κ2) is 4.78. The first-order valence-electron chi connectivity index (χ1n) is 6.92. The van der Waals surface area contributed by atoms with Gasteiger partial charge in [0.05, 0.1) is 5.69 Å². The summed E-state index contributed by atoms with van der Waals surface area (Å²) in [5, 5.41) is 4.68. The molecule has 1 aliphatic rings. The number of nitrogens with two attached hydrogens (primary N) is 1. The third kappa shape index (κ3) is 2.40. The maximum Gasteiger partial charge on any atom is 0.154 e. The molecule has 0 spiro atoms. The molecule has 0 radical (unpaired) electrons. The number of nitrogens with zero attached hydrogens (tertiary/aromatic N) is 3. The molecule has 1 heterocycles. The summed E-state index contributed by atoms with van der Waals surface area (Å²) in [6.07, 6.45) is 3.21. The molecule has 1 aromatic heterocycles. The maximum absolute atomic E-state index is 5.68. The Bertz CT molecular complexity index is 596. The summed E-state index contributed by atoms with van der Waals surface area (Å²) in [6, 6.07) is 6.41. The summed E-state index contributed by atoms with van der Waals surface area (Å²) in [7, 11) is 0. The summed E-state index contributed by atoms with van der Waals surface area (Å²) in [5.74, 6) is 2.54. The average molecular weight is 256 g/mol. The van der Waals surface area contributed by atoms with E-state index >= 15 is 0 Å². The zero-order chi connectivity index (χ0) is 13.4. The fourth-order valence-electron chi connectivity index (χ4n) is 2.23. The Hall–Kier alpha value is -1.68. The minimum absolute atomic E-state index is 0.573. The molecule has 0 saturated heterocycles. The summed E-state index contributed by atoms with van der Waals surface area (Å²) in [6.45, 7) is 4.85. The Morgan fingerprint density at radius 3 is 2.68 bits per heavy atom. The van der Waals surface area contributed by atoms with Crippen LogP contribution in [-0.2, 0) is 6.42 Å². The van der Waals surface area contributed by atoms with Crippen LogP contribution in [0.3, 0.4) is 0 Å². The Kier molecular flexibility index (Phi) is 3.11. The van der Waals surface area contributed by atoms with Gasteiger partial charge in [0.15, 0.2) is 5.82 Å². The SMILES string of the molecule is Cc1ccc(-n2nc(C3CC3)nc2CCN)cc1C. The monoisotopic (exact) mass is 256 g/mol. The standard InChI is InChI=1S/C15H20N4/c1-10-3-6-13(9-11(10)2)19-14(7-8-16)17-15(18-19)12-4-5-12/h3,6,9,12H,4-5,7-8,16H2,1-2H3. The van der Waals surface area contributed by atoms with Crippen LogP contribution in [0.25, 0.3) is 5.69 Å². The van der Waals surface area contributed by atoms with Gasteiger partial charge in [0.1, 0.15) is 5.82 Å². The topological polar surface area (TPSA) is 56.7 Å². The molecule has 4 nitrogen and oxygen atoms in total. The van der Waals surface area contributed by atoms with Gasteiger partial charge in [-0.15, -0.1) is 0 Å². The van der Waals surface area contributed by atoms with Crippen LogP contribution in [0, 0.1) is 13.8 Å². The van der Waals surface area contributed by atoms with Crippen LogP contribution in [0.15, 0.2) is 18.2 Å². The lowest BCUT2D eigenvalue weighted by Crippen LogP contribution is -2.10. The van der Waals surface area contributed by atoms with Crippen molar-refractivity contribution in [1.29, 1.82) is 0 Å². The summed E-state index contributed by atoms with van der Waals surface area (Å²) in [4.78, 5) is 4.66. The molecule has 2 N–H and O–H groups in total. The molecule has 1 aromatic carbocycles. The van der Waals surface area contributed by atoms with Crippen molar-refractivity contribution in [3.8, 4) is 5.69 Å². The molecular formula is C15H20N4. The van der Waals surface area contributed by atoms with E-state index in [0.29, 0.717) is 12.5 Å². The molecule has 1 saturated carbocycles. The maximum atomic E-state index is 5.68. The molecule has 3 rings (SSSR count). The van der Waals surface area contributed by atoms with E-state index in [4.69, 9.17) is 5.73 Å². The summed E-state index contributed by atoms with van der Waals surface area (Å²) in [5.41, 5.74) is 9.35. The van der Waals surface area contributed by atoms with E-state index in [-0.39, 0.29) is 0 Å². The van der Waals surface area contributed by atoms with Gasteiger partial charge in [-0.25, -0.2) is 9.67 Å². The quantitative estimate of drug-likeness (QED) is 0.913. The van der Waals surface area contributed by atoms with Crippen molar-refractivity contribution in [3.05, 3.63) is 41.0 Å². The first kappa shape index (κ1) is 12.4. The fraction of sp³-hybridized carbons (Fsp3) is 0.467. The molecule has 2 aromatic rings. The van der Waals surface area contributed by atoms with Crippen molar-refractivity contribution >= 4 is 0 Å². The average Bonchev–Trinajstić information content (AvgIpc) is 3.16. The van der Waals surface area contributed by atoms with Gasteiger partial charge in [0.25, 0.3) is 0 Å². The number of aromatic nitrogens is 3. The Morgan fingerprint density at radius 1 is 1.26 bits per heavy atom. The highest BCUT2D eigenvalue weighted by atomic mass is 15.4. The van der Waals surface area contributed by atoms with Crippen LogP contribution in [0.4, 0.5) is 0 Å². The third-order valence-corrected chi connectivity index (χ3v) is 3.74. The summed E-state index contributed by atoms with van der Waals surface area (Å²) < 4.78 is 1.97. The van der Waals surface area contributed by atoms with Crippen molar-refractivity contribution < 1.29 is 0 Å². The second-order valence-electron chi connectivity index (χ2n) is 5.38. The van der Waals surface area contributed by atoms with E-state index in [0.717, 1.165) is 23.8 Å². The van der Waals surface area contributed by atoms with Crippen LogP contribution < -0.4 is 5.73 Å². The van der Waals surface area contributed by atoms with Crippen molar-refractivity contribution in [2.24, 2.45) is 5.73 Å². The highest BCUT2D eigenvalue weighted by molar-refractivity contribution is 5.39. The molecule has 0 bridgehead atoms. The van der Waals surface area contributed by atoms with Gasteiger partial charge in [-0.3, -0.25) is 0 Å². The van der Waals surface area contributed by atoms with E-state index in [2.05, 4.69) is 42.1 Å². The molecule has 0 aliphatic heterocycles. The molecule has 4 heteroatoms. The highest BCUT2D eigenvalue weighted by Gasteiger charge is 2.29. The lowest BCUT2D eigenvalue weighted by atomic mass is 10.1. The van der Waals surface area contributed by atoms with E-state index in [9.17, 15) is 0 Å². The zero-order valence-electron chi connectivity index (χ0n) is 11.6. The van der Waals surface area contributed by atoms with Gasteiger partial charge >= 0.3 is 0 Å². The minimum Gasteiger partial charge on any atom is -0.330 e. The van der Waals surface area contributed by atoms with Crippen LogP contribution in [-0.4, -0.2) is 21.3 Å². The largest absolute Gasteiger partial charge is 0.330 e. The van der Waals surface area contributed by atoms with E-state index in [1.807, 2.05) is 4.68 Å². The molecular weight excluding hydrogens is 236 g/mol. The zero-order valence-corrected chi connectivity index (χ0v) is 11.6. The molecule has 0 unspecified atom stereocenters. The number of hydrogen-bond acceptors (Lipinski definition) is 3. The third-order valence-electron chi connectivity index (χ3n) is 3.74. The van der Waals surface area contributed by atoms with E-state index < -0.39 is 0 Å². The molecule has 1 fully saturated rings. The molecule has 1 aliphatic carbocycles. The van der Waals surface area contributed by atoms with Gasteiger partial charge in [-0.05, 0) is 56.5 Å². The van der Waals surface area contributed by atoms with Crippen molar-refractivity contribution in [2.45, 2.75) is 39.0 Å². The second-order valence-corrected chi connectivity index (χ2v) is 5.38. The summed E-state index contributed by atoms with van der Waals surface area (Å²) >= 11 is 0. The lowest BCUT2D eigenvalue weighted by Gasteiger charge is -2.07. The van der Waals surface area contributed by atoms with Crippen LogP contribution in [0.2, 0.25) is 0 Å². The van der Waals surface area contributed by atoms with E-state index in [1.165, 1.54) is 24.0 Å². The smallest absolute Gasteiger partial charge is 0.154 e. The predicted octanol–water partition coefficient (Wildman–Crippen LogP) is 2.26. The van der Waals surface area contributed by atoms with Crippen molar-refractivity contribution in [2.75, 3.05) is 6.54 Å². The molecule has 19 heavy (non-hydrogen) atoms. The molecule has 0 atom stereocenters. The first-order valence-corrected chi connectivity index (χ1v) is 6.92. The number of hydrogen-bond donors (Lipinski definition) is 1. The molecule has 0 amide bonds. The van der Waals surface area contributed by atoms with Gasteiger partial charge in [0.2, 0.25) is 0 Å². The van der Waals surface area contributed by atoms with Gasteiger partial charge in [0, 0.05) is 12.3 Å². The Morgan fingerprint density at radius 2 is 2.05 bits per heavy atom. The van der Waals surface area contributed by atoms with E-state index in [1.54, 1.807) is 0 Å². The van der Waals surface area contributed by atoms with Crippen molar-refractivity contribution in [3.63, 3.8) is 0 Å². The minimum atomic E-state index is 0.573. The Balaban J connectivity index is 2.03. The normalized spacial score (nSPS) is 14.9. The van der Waals surface area contributed by atoms with Gasteiger partial charge < -0.3 is 5.73 Å². The number of rotatable bonds is 4. The van der Waals surface area contributed by atoms with Gasteiger partial charge in [-0.2, -0.15) is 5.10 Å². The Labute approximate surface area is 113 Å². The number of aryl methyl sites for hydroxylation is 2. The van der Waals surface area contributed by atoms with Crippen LogP contribution >= 0.6 is 0 Å². The van der Waals surface area contributed by atoms with Gasteiger partial charge in [-0.1, -0.05) is 6.07 Å². The lowest BCUT2D eigenvalue weighted by molar-refractivity contribution is 0.769. The number of benzene rings is 1. The van der Waals surface area contributed by atoms with Crippen LogP contribution in [0.5, 0.6) is 0 Å². The van der Waals surface area contributed by atoms with Crippen molar-refractivity contribution in [1.82, 2.24) is 14.8 Å². The molecule has 100 valence electrons. The predicted molar refractivity (Wildman–Crippen MR) is 75.6 cm³/mol. The highest BCUT2D eigenvalue weighted by Crippen LogP contribution is 2.38. The first-order chi connectivity index (χ1) is 9.19. The van der Waals surface area contributed by atoms with Crippen LogP contribution in [0.1, 0.15) is 41.5 Å². The fourth-order valence-corrected chi connectivity index (χ4v) is 2.23.